The Balaban J connectivity index is 1.60. The summed E-state index contributed by atoms with van der Waals surface area (Å²) in [4.78, 5) is 51.6. The summed E-state index contributed by atoms with van der Waals surface area (Å²) in [7, 11) is 0. The maximum absolute atomic E-state index is 14.2. The molecule has 2 heterocycles. The Kier molecular flexibility index (Phi) is 8.99. The molecule has 2 saturated heterocycles. The van der Waals surface area contributed by atoms with Gasteiger partial charge in [0, 0.05) is 43.0 Å². The first kappa shape index (κ1) is 32.5. The van der Waals surface area contributed by atoms with Crippen molar-refractivity contribution in [2.24, 2.45) is 17.8 Å². The highest BCUT2D eigenvalue weighted by Gasteiger charge is 2.74. The second-order valence-corrected chi connectivity index (χ2v) is 11.9. The minimum absolute atomic E-state index is 0.0698. The van der Waals surface area contributed by atoms with Gasteiger partial charge >= 0.3 is 12.1 Å². The number of carbonyl (C=O) groups excluding carboxylic acids is 4. The van der Waals surface area contributed by atoms with Crippen LogP contribution in [0.1, 0.15) is 19.8 Å². The minimum atomic E-state index is -5.50. The number of hydrogen-bond donors (Lipinski definition) is 3. The van der Waals surface area contributed by atoms with E-state index in [0.29, 0.717) is 13.0 Å². The Labute approximate surface area is 250 Å². The van der Waals surface area contributed by atoms with Crippen molar-refractivity contribution >= 4 is 46.8 Å². The number of nitriles is 1. The molecule has 43 heavy (non-hydrogen) atoms. The number of hydrogen-bond acceptors (Lipinski definition) is 6. The topological polar surface area (TPSA) is 141 Å². The number of alkyl halides is 5. The predicted molar refractivity (Wildman–Crippen MR) is 135 cm³/mol. The smallest absolute Gasteiger partial charge is 0.471 e. The zero-order valence-corrected chi connectivity index (χ0v) is 23.5. The van der Waals surface area contributed by atoms with Crippen LogP contribution in [0, 0.1) is 46.5 Å². The first-order valence-electron chi connectivity index (χ1n) is 12.8. The fourth-order valence-corrected chi connectivity index (χ4v) is 6.19. The maximum atomic E-state index is 14.2. The molecule has 1 aliphatic carbocycles. The Morgan fingerprint density at radius 1 is 1.21 bits per heavy atom. The summed E-state index contributed by atoms with van der Waals surface area (Å²) in [5.41, 5.74) is 0. The lowest BCUT2D eigenvalue weighted by Gasteiger charge is -2.34. The molecule has 1 saturated carbocycles. The zero-order valence-electron chi connectivity index (χ0n) is 22.0. The fourth-order valence-electron chi connectivity index (χ4n) is 5.37. The average Bonchev–Trinajstić information content (AvgIpc) is 3.25. The number of piperidine rings is 1. The van der Waals surface area contributed by atoms with Gasteiger partial charge in [-0.3, -0.25) is 19.2 Å². The van der Waals surface area contributed by atoms with Crippen molar-refractivity contribution in [1.82, 2.24) is 20.9 Å². The van der Waals surface area contributed by atoms with Gasteiger partial charge in [-0.15, -0.1) is 23.2 Å². The number of fused-ring (bicyclic) bond motifs is 1. The van der Waals surface area contributed by atoms with Gasteiger partial charge in [0.2, 0.25) is 17.7 Å². The van der Waals surface area contributed by atoms with E-state index in [1.807, 2.05) is 6.07 Å². The predicted octanol–water partition coefficient (Wildman–Crippen LogP) is 2.08. The van der Waals surface area contributed by atoms with E-state index in [1.54, 1.807) is 0 Å². The molecule has 4 rings (SSSR count). The van der Waals surface area contributed by atoms with Crippen LogP contribution in [0.5, 0.6) is 5.75 Å². The van der Waals surface area contributed by atoms with Crippen LogP contribution in [-0.2, 0) is 19.2 Å². The van der Waals surface area contributed by atoms with Gasteiger partial charge in [0.15, 0.2) is 17.4 Å². The molecule has 0 spiro atoms. The largest absolute Gasteiger partial charge is 0.482 e. The molecule has 10 nitrogen and oxygen atoms in total. The van der Waals surface area contributed by atoms with Crippen molar-refractivity contribution in [2.45, 2.75) is 54.5 Å². The van der Waals surface area contributed by atoms with Crippen molar-refractivity contribution in [3.05, 3.63) is 29.6 Å². The summed E-state index contributed by atoms with van der Waals surface area (Å²) in [5.74, 6) is -13.2. The summed E-state index contributed by atoms with van der Waals surface area (Å²) in [5, 5.41) is 16.0. The van der Waals surface area contributed by atoms with Gasteiger partial charge in [0.25, 0.3) is 0 Å². The number of likely N-dealkylation sites (tertiary alicyclic amines) is 1. The third-order valence-electron chi connectivity index (χ3n) is 7.59. The number of nitrogens with zero attached hydrogens (tertiary/aromatic N) is 2. The molecule has 18 heteroatoms. The molecule has 234 valence electrons. The zero-order chi connectivity index (χ0) is 32.0. The molecule has 0 aromatic heterocycles. The summed E-state index contributed by atoms with van der Waals surface area (Å²) < 4.78 is 84.8. The molecule has 4 amide bonds. The molecule has 1 unspecified atom stereocenters. The second-order valence-electron chi connectivity index (χ2n) is 10.4. The Bertz CT molecular complexity index is 1350. The number of halogens is 8. The molecule has 7 atom stereocenters. The Hall–Kier alpha value is -3.45. The molecule has 1 aromatic rings. The van der Waals surface area contributed by atoms with Crippen LogP contribution in [-0.4, -0.2) is 76.4 Å². The molecular formula is C25H23Cl2F6N5O5. The summed E-state index contributed by atoms with van der Waals surface area (Å²) >= 11 is 12.5. The molecule has 3 N–H and O–H groups in total. The van der Waals surface area contributed by atoms with Crippen molar-refractivity contribution in [2.75, 3.05) is 13.1 Å². The molecule has 3 fully saturated rings. The van der Waals surface area contributed by atoms with Crippen LogP contribution in [0.3, 0.4) is 0 Å². The van der Waals surface area contributed by atoms with Crippen molar-refractivity contribution in [3.63, 3.8) is 0 Å². The highest BCUT2D eigenvalue weighted by Crippen LogP contribution is 2.65. The van der Waals surface area contributed by atoms with Crippen LogP contribution >= 0.6 is 23.2 Å². The average molecular weight is 658 g/mol. The minimum Gasteiger partial charge on any atom is -0.482 e. The summed E-state index contributed by atoms with van der Waals surface area (Å²) in [6.45, 7) is 0.919. The number of nitrogens with one attached hydrogen (secondary N) is 3. The monoisotopic (exact) mass is 657 g/mol. The second kappa shape index (κ2) is 11.9. The van der Waals surface area contributed by atoms with Crippen molar-refractivity contribution < 1.29 is 50.3 Å². The highest BCUT2D eigenvalue weighted by molar-refractivity contribution is 6.51. The van der Waals surface area contributed by atoms with E-state index in [9.17, 15) is 50.8 Å². The number of rotatable bonds is 9. The van der Waals surface area contributed by atoms with Crippen molar-refractivity contribution in [3.8, 4) is 11.8 Å². The lowest BCUT2D eigenvalue weighted by atomic mass is 9.98. The van der Waals surface area contributed by atoms with E-state index in [-0.39, 0.29) is 31.0 Å². The Morgan fingerprint density at radius 3 is 2.37 bits per heavy atom. The lowest BCUT2D eigenvalue weighted by molar-refractivity contribution is -0.176. The van der Waals surface area contributed by atoms with Gasteiger partial charge in [-0.05, 0) is 19.8 Å². The van der Waals surface area contributed by atoms with Crippen molar-refractivity contribution in [1.29, 1.82) is 5.26 Å². The van der Waals surface area contributed by atoms with E-state index < -0.39 is 93.4 Å². The number of benzene rings is 1. The van der Waals surface area contributed by atoms with Crippen LogP contribution in [0.2, 0.25) is 0 Å². The number of amides is 4. The SMILES string of the molecule is CC(Oc1c(F)cc(F)cc1F)[C@H](NC(=O)C(F)(F)F)C(=O)N1C[C@H]2[C@@H]([C@H]1C(=O)N[C@H](C#N)C[C@@H]1CCNC1=O)C2(Cl)Cl. The van der Waals surface area contributed by atoms with E-state index in [4.69, 9.17) is 27.9 Å². The molecule has 0 bridgehead atoms. The van der Waals surface area contributed by atoms with Gasteiger partial charge < -0.3 is 25.6 Å². The van der Waals surface area contributed by atoms with Gasteiger partial charge in [-0.1, -0.05) is 0 Å². The van der Waals surface area contributed by atoms with Crippen LogP contribution in [0.25, 0.3) is 0 Å². The van der Waals surface area contributed by atoms with E-state index in [2.05, 4.69) is 10.6 Å². The standard InChI is InChI=1S/C25H23Cl2F6N5O5/c1-9(43-19-14(29)5-11(28)6-15(19)30)17(37-23(42)25(31,32)33)22(41)38-8-13-16(24(13,26)27)18(38)21(40)36-12(7-34)4-10-2-3-35-20(10)39/h5-6,9-10,12-13,16-18H,2-4,8H2,1H3,(H,35,39)(H,36,40)(H,37,42)/t9?,10-,12-,13-,16-,17-,18-/m0/s1. The maximum Gasteiger partial charge on any atom is 0.471 e. The van der Waals surface area contributed by atoms with Gasteiger partial charge in [0.05, 0.1) is 6.07 Å². The summed E-state index contributed by atoms with van der Waals surface area (Å²) in [6.07, 6.45) is -7.06. The number of ether oxygens (including phenoxy) is 1. The van der Waals surface area contributed by atoms with E-state index >= 15 is 0 Å². The van der Waals surface area contributed by atoms with E-state index in [0.717, 1.165) is 11.8 Å². The molecule has 1 aromatic carbocycles. The van der Waals surface area contributed by atoms with E-state index in [1.165, 1.54) is 5.32 Å². The first-order chi connectivity index (χ1) is 20.0. The van der Waals surface area contributed by atoms with Gasteiger partial charge in [-0.25, -0.2) is 13.2 Å². The fraction of sp³-hybridized carbons (Fsp3) is 0.560. The molecule has 3 aliphatic rings. The molecule has 0 radical (unpaired) electrons. The summed E-state index contributed by atoms with van der Waals surface area (Å²) in [6, 6.07) is -2.73. The normalized spacial score (nSPS) is 26.0. The van der Waals surface area contributed by atoms with Crippen LogP contribution < -0.4 is 20.7 Å². The van der Waals surface area contributed by atoms with Crippen LogP contribution in [0.15, 0.2) is 12.1 Å². The Morgan fingerprint density at radius 2 is 1.84 bits per heavy atom. The quantitative estimate of drug-likeness (QED) is 0.274. The van der Waals surface area contributed by atoms with Gasteiger partial charge in [-0.2, -0.15) is 18.4 Å². The molecule has 2 aliphatic heterocycles. The van der Waals surface area contributed by atoms with Gasteiger partial charge in [0.1, 0.15) is 34.4 Å². The third kappa shape index (κ3) is 6.57. The van der Waals surface area contributed by atoms with Crippen LogP contribution in [0.4, 0.5) is 26.3 Å². The first-order valence-corrected chi connectivity index (χ1v) is 13.6. The number of carbonyl (C=O) groups is 4. The third-order valence-corrected chi connectivity index (χ3v) is 8.65. The molecular weight excluding hydrogens is 635 g/mol. The lowest BCUT2D eigenvalue weighted by Crippen LogP contribution is -2.61. The highest BCUT2D eigenvalue weighted by atomic mass is 35.5.